The summed E-state index contributed by atoms with van der Waals surface area (Å²) in [7, 11) is 0. The Hall–Kier alpha value is -2.20. The lowest BCUT2D eigenvalue weighted by molar-refractivity contribution is -0.138. The van der Waals surface area contributed by atoms with Crippen molar-refractivity contribution in [2.24, 2.45) is 11.7 Å². The Morgan fingerprint density at radius 3 is 1.24 bits per heavy atom. The van der Waals surface area contributed by atoms with Crippen LogP contribution in [0.2, 0.25) is 0 Å². The molecule has 0 fully saturated rings. The highest BCUT2D eigenvalue weighted by Crippen LogP contribution is 1.98. The van der Waals surface area contributed by atoms with Crippen LogP contribution < -0.4 is 22.5 Å². The van der Waals surface area contributed by atoms with Gasteiger partial charge in [-0.15, -0.1) is 0 Å². The standard InChI is InChI=1S/C6H14N4O2.C5H8O4/c7-9-5(11)3-1-2-4-6(12)10-8;6-4(7)2-1-3-5(8)9/h1-4,7-8H2,(H,9,11)(H,10,12);1-3H2,(H,6,7)(H,8,9). The van der Waals surface area contributed by atoms with Gasteiger partial charge in [0.15, 0.2) is 0 Å². The first-order chi connectivity index (χ1) is 9.83. The zero-order valence-electron chi connectivity index (χ0n) is 11.6. The van der Waals surface area contributed by atoms with Crippen LogP contribution in [-0.2, 0) is 19.2 Å². The summed E-state index contributed by atoms with van der Waals surface area (Å²) in [5.41, 5.74) is 4.01. The van der Waals surface area contributed by atoms with Gasteiger partial charge in [-0.1, -0.05) is 0 Å². The summed E-state index contributed by atoms with van der Waals surface area (Å²) in [5, 5.41) is 16.1. The molecule has 10 heteroatoms. The normalized spacial score (nSPS) is 9.05. The zero-order valence-corrected chi connectivity index (χ0v) is 11.6. The van der Waals surface area contributed by atoms with Crippen molar-refractivity contribution >= 4 is 23.8 Å². The van der Waals surface area contributed by atoms with Crippen molar-refractivity contribution < 1.29 is 29.4 Å². The molecule has 0 aliphatic rings. The van der Waals surface area contributed by atoms with E-state index in [9.17, 15) is 19.2 Å². The lowest BCUT2D eigenvalue weighted by Crippen LogP contribution is -2.30. The van der Waals surface area contributed by atoms with E-state index < -0.39 is 11.9 Å². The Bertz CT molecular complexity index is 316. The maximum absolute atomic E-state index is 10.6. The Balaban J connectivity index is 0. The van der Waals surface area contributed by atoms with E-state index >= 15 is 0 Å². The fourth-order valence-electron chi connectivity index (χ4n) is 1.11. The summed E-state index contributed by atoms with van der Waals surface area (Å²) in [4.78, 5) is 40.7. The highest BCUT2D eigenvalue weighted by atomic mass is 16.4. The van der Waals surface area contributed by atoms with Gasteiger partial charge >= 0.3 is 11.9 Å². The highest BCUT2D eigenvalue weighted by Gasteiger charge is 2.01. The van der Waals surface area contributed by atoms with Crippen LogP contribution >= 0.6 is 0 Å². The van der Waals surface area contributed by atoms with Gasteiger partial charge in [-0.25, -0.2) is 11.7 Å². The van der Waals surface area contributed by atoms with Crippen LogP contribution in [0.5, 0.6) is 0 Å². The monoisotopic (exact) mass is 306 g/mol. The molecule has 8 N–H and O–H groups in total. The molecule has 0 atom stereocenters. The lowest BCUT2D eigenvalue weighted by atomic mass is 10.2. The minimum absolute atomic E-state index is 0.0632. The van der Waals surface area contributed by atoms with E-state index in [1.54, 1.807) is 0 Å². The number of hydrogen-bond acceptors (Lipinski definition) is 6. The number of carboxylic acid groups (broad SMARTS) is 2. The number of unbranched alkanes of at least 4 members (excludes halogenated alkanes) is 1. The Morgan fingerprint density at radius 1 is 0.667 bits per heavy atom. The summed E-state index contributed by atoms with van der Waals surface area (Å²) >= 11 is 0. The molecule has 0 rings (SSSR count). The first kappa shape index (κ1) is 21.1. The van der Waals surface area contributed by atoms with Gasteiger partial charge in [-0.3, -0.25) is 30.0 Å². The molecule has 0 aromatic heterocycles. The quantitative estimate of drug-likeness (QED) is 0.133. The molecule has 2 amide bonds. The van der Waals surface area contributed by atoms with E-state index in [-0.39, 0.29) is 31.1 Å². The van der Waals surface area contributed by atoms with E-state index in [0.717, 1.165) is 0 Å². The van der Waals surface area contributed by atoms with Crippen LogP contribution in [0.1, 0.15) is 44.9 Å². The summed E-state index contributed by atoms with van der Waals surface area (Å²) in [6, 6.07) is 0. The SMILES string of the molecule is NNC(=O)CCCCC(=O)NN.O=C(O)CCCC(=O)O. The van der Waals surface area contributed by atoms with Gasteiger partial charge in [0.2, 0.25) is 11.8 Å². The van der Waals surface area contributed by atoms with Gasteiger partial charge in [0, 0.05) is 25.7 Å². The Morgan fingerprint density at radius 2 is 1.00 bits per heavy atom. The Labute approximate surface area is 121 Å². The molecule has 122 valence electrons. The van der Waals surface area contributed by atoms with E-state index in [1.165, 1.54) is 0 Å². The summed E-state index contributed by atoms with van der Waals surface area (Å²) in [6.07, 6.45) is 2.04. The van der Waals surface area contributed by atoms with Crippen LogP contribution in [0.15, 0.2) is 0 Å². The van der Waals surface area contributed by atoms with Crippen LogP contribution in [0.4, 0.5) is 0 Å². The van der Waals surface area contributed by atoms with E-state index in [0.29, 0.717) is 25.7 Å². The maximum Gasteiger partial charge on any atom is 0.303 e. The largest absolute Gasteiger partial charge is 0.481 e. The van der Waals surface area contributed by atoms with Crippen molar-refractivity contribution in [2.75, 3.05) is 0 Å². The number of amides is 2. The molecule has 0 aromatic carbocycles. The molecule has 0 bridgehead atoms. The number of carboxylic acids is 2. The summed E-state index contributed by atoms with van der Waals surface area (Å²) in [6.45, 7) is 0. The molecule has 0 aliphatic carbocycles. The third-order valence-electron chi connectivity index (χ3n) is 2.16. The number of rotatable bonds is 9. The molecule has 0 saturated carbocycles. The number of hydrogen-bond donors (Lipinski definition) is 6. The fourth-order valence-corrected chi connectivity index (χ4v) is 1.11. The van der Waals surface area contributed by atoms with Gasteiger partial charge in [-0.05, 0) is 19.3 Å². The summed E-state index contributed by atoms with van der Waals surface area (Å²) < 4.78 is 0. The van der Waals surface area contributed by atoms with Crippen molar-refractivity contribution in [1.82, 2.24) is 10.9 Å². The van der Waals surface area contributed by atoms with E-state index in [2.05, 4.69) is 0 Å². The van der Waals surface area contributed by atoms with Gasteiger partial charge in [0.1, 0.15) is 0 Å². The number of nitrogens with two attached hydrogens (primary N) is 2. The van der Waals surface area contributed by atoms with Crippen LogP contribution in [-0.4, -0.2) is 34.0 Å². The van der Waals surface area contributed by atoms with Crippen LogP contribution in [0.25, 0.3) is 0 Å². The zero-order chi connectivity index (χ0) is 16.7. The molecule has 0 saturated heterocycles. The van der Waals surface area contributed by atoms with Gasteiger partial charge < -0.3 is 10.2 Å². The highest BCUT2D eigenvalue weighted by molar-refractivity contribution is 5.76. The number of hydrazine groups is 2. The molecular weight excluding hydrogens is 284 g/mol. The van der Waals surface area contributed by atoms with Crippen LogP contribution in [0.3, 0.4) is 0 Å². The number of carbonyl (C=O) groups excluding carboxylic acids is 2. The third kappa shape index (κ3) is 20.3. The smallest absolute Gasteiger partial charge is 0.303 e. The topological polar surface area (TPSA) is 185 Å². The second kappa shape index (κ2) is 14.2. The second-order valence-corrected chi connectivity index (χ2v) is 3.98. The molecule has 0 radical (unpaired) electrons. The van der Waals surface area contributed by atoms with Gasteiger partial charge in [-0.2, -0.15) is 0 Å². The number of nitrogens with one attached hydrogen (secondary N) is 2. The van der Waals surface area contributed by atoms with Crippen LogP contribution in [0, 0.1) is 0 Å². The number of carbonyl (C=O) groups is 4. The Kier molecular flexibility index (Phi) is 14.3. The van der Waals surface area contributed by atoms with Crippen molar-refractivity contribution in [2.45, 2.75) is 44.9 Å². The number of aliphatic carboxylic acids is 2. The predicted octanol–water partition coefficient (Wildman–Crippen LogP) is -1.15. The molecular formula is C11H22N4O6. The third-order valence-corrected chi connectivity index (χ3v) is 2.16. The molecule has 0 unspecified atom stereocenters. The molecule has 10 nitrogen and oxygen atoms in total. The maximum atomic E-state index is 10.6. The fraction of sp³-hybridized carbons (Fsp3) is 0.636. The van der Waals surface area contributed by atoms with Crippen molar-refractivity contribution in [1.29, 1.82) is 0 Å². The van der Waals surface area contributed by atoms with Crippen molar-refractivity contribution in [3.63, 3.8) is 0 Å². The van der Waals surface area contributed by atoms with E-state index in [1.807, 2.05) is 10.9 Å². The second-order valence-electron chi connectivity index (χ2n) is 3.98. The first-order valence-corrected chi connectivity index (χ1v) is 6.26. The first-order valence-electron chi connectivity index (χ1n) is 6.26. The minimum atomic E-state index is -0.948. The predicted molar refractivity (Wildman–Crippen MR) is 72.3 cm³/mol. The average molecular weight is 306 g/mol. The average Bonchev–Trinajstić information content (AvgIpc) is 2.42. The molecule has 21 heavy (non-hydrogen) atoms. The molecule has 0 heterocycles. The van der Waals surface area contributed by atoms with Crippen molar-refractivity contribution in [3.05, 3.63) is 0 Å². The molecule has 0 aromatic rings. The lowest BCUT2D eigenvalue weighted by Gasteiger charge is -1.99. The van der Waals surface area contributed by atoms with Crippen molar-refractivity contribution in [3.8, 4) is 0 Å². The molecule has 0 spiro atoms. The van der Waals surface area contributed by atoms with Gasteiger partial charge in [0.25, 0.3) is 0 Å². The summed E-state index contributed by atoms with van der Waals surface area (Å²) in [5.74, 6) is 7.35. The van der Waals surface area contributed by atoms with Gasteiger partial charge in [0.05, 0.1) is 0 Å². The molecule has 0 aliphatic heterocycles. The minimum Gasteiger partial charge on any atom is -0.481 e. The van der Waals surface area contributed by atoms with E-state index in [4.69, 9.17) is 21.9 Å².